The lowest BCUT2D eigenvalue weighted by atomic mass is 9.98. The Bertz CT molecular complexity index is 1300. The van der Waals surface area contributed by atoms with E-state index in [-0.39, 0.29) is 29.4 Å². The molecule has 0 heterocycles. The normalized spacial score (nSPS) is 14.0. The van der Waals surface area contributed by atoms with Gasteiger partial charge in [0.2, 0.25) is 5.91 Å². The fraction of sp³-hybridized carbons (Fsp3) is 0.323. The van der Waals surface area contributed by atoms with Crippen molar-refractivity contribution < 1.29 is 24.2 Å². The molecular formula is C31H34N2O5S2. The summed E-state index contributed by atoms with van der Waals surface area (Å²) in [6.07, 6.45) is -0.546. The molecule has 0 saturated carbocycles. The number of hydrogen-bond donors (Lipinski definition) is 3. The van der Waals surface area contributed by atoms with Gasteiger partial charge in [0, 0.05) is 22.8 Å². The highest BCUT2D eigenvalue weighted by atomic mass is 33.1. The second-order valence-corrected chi connectivity index (χ2v) is 13.8. The molecule has 9 heteroatoms. The van der Waals surface area contributed by atoms with Crippen LogP contribution in [0.15, 0.2) is 78.9 Å². The molecule has 2 atom stereocenters. The predicted molar refractivity (Wildman–Crippen MR) is 162 cm³/mol. The summed E-state index contributed by atoms with van der Waals surface area (Å²) in [5.41, 5.74) is 5.24. The van der Waals surface area contributed by atoms with Crippen LogP contribution in [0.3, 0.4) is 0 Å². The second kappa shape index (κ2) is 13.3. The molecule has 0 radical (unpaired) electrons. The highest BCUT2D eigenvalue weighted by Crippen LogP contribution is 2.44. The summed E-state index contributed by atoms with van der Waals surface area (Å²) in [5.74, 6) is -1.64. The molecule has 0 bridgehead atoms. The van der Waals surface area contributed by atoms with Crippen molar-refractivity contribution in [2.24, 2.45) is 0 Å². The number of rotatable bonds is 11. The number of ether oxygens (including phenoxy) is 1. The van der Waals surface area contributed by atoms with Crippen LogP contribution in [0.4, 0.5) is 4.79 Å². The van der Waals surface area contributed by atoms with Crippen LogP contribution in [-0.2, 0) is 20.7 Å². The van der Waals surface area contributed by atoms with Gasteiger partial charge < -0.3 is 20.5 Å². The lowest BCUT2D eigenvalue weighted by Crippen LogP contribution is -2.53. The zero-order chi connectivity index (χ0) is 28.7. The molecule has 7 nitrogen and oxygen atoms in total. The second-order valence-electron chi connectivity index (χ2n) is 10.6. The van der Waals surface area contributed by atoms with Gasteiger partial charge in [-0.25, -0.2) is 9.59 Å². The van der Waals surface area contributed by atoms with E-state index in [1.165, 1.54) is 10.8 Å². The van der Waals surface area contributed by atoms with Crippen LogP contribution in [0.25, 0.3) is 11.1 Å². The average molecular weight is 579 g/mol. The largest absolute Gasteiger partial charge is 0.480 e. The number of carboxylic acid groups (broad SMARTS) is 1. The van der Waals surface area contributed by atoms with E-state index in [0.29, 0.717) is 0 Å². The van der Waals surface area contributed by atoms with Crippen LogP contribution in [0.5, 0.6) is 0 Å². The van der Waals surface area contributed by atoms with Crippen molar-refractivity contribution >= 4 is 39.6 Å². The van der Waals surface area contributed by atoms with Gasteiger partial charge in [0.05, 0.1) is 0 Å². The van der Waals surface area contributed by atoms with Gasteiger partial charge in [-0.05, 0) is 27.8 Å². The number of fused-ring (bicyclic) bond motifs is 3. The van der Waals surface area contributed by atoms with Crippen LogP contribution < -0.4 is 10.6 Å². The first-order valence-corrected chi connectivity index (χ1v) is 15.4. The molecular weight excluding hydrogens is 544 g/mol. The van der Waals surface area contributed by atoms with Crippen molar-refractivity contribution in [3.63, 3.8) is 0 Å². The van der Waals surface area contributed by atoms with E-state index >= 15 is 0 Å². The quantitative estimate of drug-likeness (QED) is 0.244. The first-order valence-electron chi connectivity index (χ1n) is 13.1. The van der Waals surface area contributed by atoms with Gasteiger partial charge in [-0.15, -0.1) is 0 Å². The molecule has 3 aromatic rings. The molecule has 2 amide bonds. The van der Waals surface area contributed by atoms with E-state index in [1.807, 2.05) is 87.5 Å². The highest BCUT2D eigenvalue weighted by molar-refractivity contribution is 8.77. The zero-order valence-electron chi connectivity index (χ0n) is 22.8. The van der Waals surface area contributed by atoms with Gasteiger partial charge in [0.15, 0.2) is 0 Å². The van der Waals surface area contributed by atoms with Gasteiger partial charge in [0.25, 0.3) is 0 Å². The number of hydrogen-bond acceptors (Lipinski definition) is 6. The number of alkyl carbamates (subject to hydrolysis) is 1. The zero-order valence-corrected chi connectivity index (χ0v) is 24.4. The maximum atomic E-state index is 13.3. The Kier molecular flexibility index (Phi) is 9.81. The standard InChI is InChI=1S/C31H34N2O5S2/c1-31(2,3)40-39-19-27(29(35)36)32-28(34)26(17-20-11-5-4-6-12-20)33-30(37)38-18-25-23-15-9-7-13-21(23)22-14-8-10-16-24(22)25/h4-16,25-27H,17-19H2,1-3H3,(H,32,34)(H,33,37)(H,35,36)/t26-,27+/m1/s1. The van der Waals surface area contributed by atoms with Gasteiger partial charge >= 0.3 is 12.1 Å². The minimum absolute atomic E-state index is 0.0563. The van der Waals surface area contributed by atoms with Crippen molar-refractivity contribution in [3.05, 3.63) is 95.6 Å². The molecule has 0 aromatic heterocycles. The van der Waals surface area contributed by atoms with E-state index in [0.717, 1.165) is 27.8 Å². The van der Waals surface area contributed by atoms with Crippen LogP contribution >= 0.6 is 21.6 Å². The molecule has 0 fully saturated rings. The van der Waals surface area contributed by atoms with Gasteiger partial charge in [0.1, 0.15) is 18.7 Å². The average Bonchev–Trinajstić information content (AvgIpc) is 3.24. The summed E-state index contributed by atoms with van der Waals surface area (Å²) >= 11 is 0. The molecule has 0 spiro atoms. The van der Waals surface area contributed by atoms with Gasteiger partial charge in [-0.1, -0.05) is 121 Å². The summed E-state index contributed by atoms with van der Waals surface area (Å²) in [5, 5.41) is 15.0. The minimum atomic E-state index is -1.13. The number of carbonyl (C=O) groups excluding carboxylic acids is 2. The van der Waals surface area contributed by atoms with Crippen molar-refractivity contribution in [3.8, 4) is 11.1 Å². The maximum Gasteiger partial charge on any atom is 0.407 e. The molecule has 1 aliphatic rings. The Morgan fingerprint density at radius 1 is 0.850 bits per heavy atom. The Morgan fingerprint density at radius 3 is 2.00 bits per heavy atom. The minimum Gasteiger partial charge on any atom is -0.480 e. The van der Waals surface area contributed by atoms with Crippen LogP contribution in [-0.4, -0.2) is 52.3 Å². The highest BCUT2D eigenvalue weighted by Gasteiger charge is 2.31. The van der Waals surface area contributed by atoms with Gasteiger partial charge in [-0.2, -0.15) is 0 Å². The Labute approximate surface area is 242 Å². The summed E-state index contributed by atoms with van der Waals surface area (Å²) in [4.78, 5) is 38.2. The number of nitrogens with one attached hydrogen (secondary N) is 2. The first-order chi connectivity index (χ1) is 19.1. The maximum absolute atomic E-state index is 13.3. The van der Waals surface area contributed by atoms with Crippen molar-refractivity contribution in [1.82, 2.24) is 10.6 Å². The molecule has 0 saturated heterocycles. The number of carboxylic acids is 1. The lowest BCUT2D eigenvalue weighted by molar-refractivity contribution is -0.141. The molecule has 4 rings (SSSR count). The smallest absolute Gasteiger partial charge is 0.407 e. The first kappa shape index (κ1) is 29.6. The molecule has 3 N–H and O–H groups in total. The van der Waals surface area contributed by atoms with Crippen molar-refractivity contribution in [2.75, 3.05) is 12.4 Å². The third-order valence-electron chi connectivity index (χ3n) is 6.39. The van der Waals surface area contributed by atoms with E-state index < -0.39 is 30.1 Å². The SMILES string of the molecule is CC(C)(C)SSC[C@H](NC(=O)[C@@H](Cc1ccccc1)NC(=O)OCC1c2ccccc2-c2ccccc21)C(=O)O. The lowest BCUT2D eigenvalue weighted by Gasteiger charge is -2.23. The predicted octanol–water partition coefficient (Wildman–Crippen LogP) is 5.89. The van der Waals surface area contributed by atoms with Crippen LogP contribution in [0, 0.1) is 0 Å². The monoisotopic (exact) mass is 578 g/mol. The summed E-state index contributed by atoms with van der Waals surface area (Å²) < 4.78 is 5.60. The van der Waals surface area contributed by atoms with Crippen molar-refractivity contribution in [2.45, 2.75) is 49.9 Å². The topological polar surface area (TPSA) is 105 Å². The van der Waals surface area contributed by atoms with Crippen LogP contribution in [0.2, 0.25) is 0 Å². The fourth-order valence-electron chi connectivity index (χ4n) is 4.57. The summed E-state index contributed by atoms with van der Waals surface area (Å²) in [6.45, 7) is 6.21. The van der Waals surface area contributed by atoms with E-state index in [9.17, 15) is 19.5 Å². The molecule has 1 aliphatic carbocycles. The number of carbonyl (C=O) groups is 3. The van der Waals surface area contributed by atoms with E-state index in [4.69, 9.17) is 4.74 Å². The van der Waals surface area contributed by atoms with E-state index in [2.05, 4.69) is 22.8 Å². The number of benzene rings is 3. The molecule has 210 valence electrons. The molecule has 0 unspecified atom stereocenters. The molecule has 3 aromatic carbocycles. The summed E-state index contributed by atoms with van der Waals surface area (Å²) in [7, 11) is 2.94. The summed E-state index contributed by atoms with van der Waals surface area (Å²) in [6, 6.07) is 23.2. The van der Waals surface area contributed by atoms with Gasteiger partial charge in [-0.3, -0.25) is 4.79 Å². The molecule has 40 heavy (non-hydrogen) atoms. The third-order valence-corrected chi connectivity index (χ3v) is 9.74. The number of aliphatic carboxylic acids is 1. The third kappa shape index (κ3) is 7.82. The van der Waals surface area contributed by atoms with E-state index in [1.54, 1.807) is 10.8 Å². The fourth-order valence-corrected chi connectivity index (χ4v) is 7.02. The Balaban J connectivity index is 1.43. The van der Waals surface area contributed by atoms with Crippen LogP contribution in [0.1, 0.15) is 43.4 Å². The number of amides is 2. The van der Waals surface area contributed by atoms with Crippen molar-refractivity contribution in [1.29, 1.82) is 0 Å². The molecule has 0 aliphatic heterocycles. The Morgan fingerprint density at radius 2 is 1.43 bits per heavy atom. The Hall–Kier alpha value is -3.43.